The molecule has 3 saturated carbocycles. The van der Waals surface area contributed by atoms with Crippen LogP contribution in [-0.2, 0) is 9.53 Å². The highest BCUT2D eigenvalue weighted by molar-refractivity contribution is 5.99. The van der Waals surface area contributed by atoms with E-state index in [0.717, 1.165) is 36.8 Å². The Labute approximate surface area is 163 Å². The Bertz CT molecular complexity index is 683. The minimum atomic E-state index is -0.129. The van der Waals surface area contributed by atoms with Gasteiger partial charge in [0.25, 0.3) is 0 Å². The van der Waals surface area contributed by atoms with E-state index >= 15 is 0 Å². The van der Waals surface area contributed by atoms with Gasteiger partial charge in [-0.25, -0.2) is 0 Å². The molecule has 150 valence electrons. The predicted molar refractivity (Wildman–Crippen MR) is 106 cm³/mol. The van der Waals surface area contributed by atoms with Gasteiger partial charge >= 0.3 is 5.97 Å². The van der Waals surface area contributed by atoms with Gasteiger partial charge in [-0.3, -0.25) is 4.79 Å². The summed E-state index contributed by atoms with van der Waals surface area (Å²) in [5.41, 5.74) is 2.67. The number of allylic oxidation sites excluding steroid dienone is 2. The van der Waals surface area contributed by atoms with E-state index in [1.807, 2.05) is 6.92 Å². The van der Waals surface area contributed by atoms with Crippen molar-refractivity contribution in [3.8, 4) is 0 Å². The van der Waals surface area contributed by atoms with Gasteiger partial charge in [-0.15, -0.1) is 0 Å². The minimum Gasteiger partial charge on any atom is -0.463 e. The van der Waals surface area contributed by atoms with Crippen molar-refractivity contribution in [2.24, 2.45) is 39.7 Å². The molecule has 0 amide bonds. The van der Waals surface area contributed by atoms with Crippen LogP contribution in [0.5, 0.6) is 0 Å². The fourth-order valence-corrected chi connectivity index (χ4v) is 7.74. The molecule has 0 aliphatic heterocycles. The van der Waals surface area contributed by atoms with Gasteiger partial charge in [-0.1, -0.05) is 25.1 Å². The molecule has 3 fully saturated rings. The van der Waals surface area contributed by atoms with E-state index in [4.69, 9.17) is 4.74 Å². The molecule has 0 saturated heterocycles. The molecule has 4 aliphatic carbocycles. The van der Waals surface area contributed by atoms with E-state index in [1.165, 1.54) is 44.6 Å². The summed E-state index contributed by atoms with van der Waals surface area (Å²) in [7, 11) is 0. The monoisotopic (exact) mass is 373 g/mol. The average molecular weight is 374 g/mol. The van der Waals surface area contributed by atoms with Crippen molar-refractivity contribution in [3.05, 3.63) is 11.6 Å². The molecule has 0 radical (unpaired) electrons. The van der Waals surface area contributed by atoms with Crippen LogP contribution < -0.4 is 0 Å². The smallest absolute Gasteiger partial charge is 0.302 e. The molecule has 1 N–H and O–H groups in total. The van der Waals surface area contributed by atoms with Gasteiger partial charge in [0, 0.05) is 6.92 Å². The van der Waals surface area contributed by atoms with Crippen molar-refractivity contribution in [1.29, 1.82) is 0 Å². The van der Waals surface area contributed by atoms with Gasteiger partial charge in [-0.05, 0) is 98.4 Å². The Morgan fingerprint density at radius 2 is 1.93 bits per heavy atom. The third kappa shape index (κ3) is 2.86. The van der Waals surface area contributed by atoms with Crippen LogP contribution in [0.15, 0.2) is 16.8 Å². The lowest BCUT2D eigenvalue weighted by Gasteiger charge is -2.60. The van der Waals surface area contributed by atoms with Crippen molar-refractivity contribution < 1.29 is 14.7 Å². The van der Waals surface area contributed by atoms with E-state index < -0.39 is 0 Å². The summed E-state index contributed by atoms with van der Waals surface area (Å²) in [5, 5.41) is 12.9. The molecule has 0 aromatic heterocycles. The molecule has 0 bridgehead atoms. The largest absolute Gasteiger partial charge is 0.463 e. The fourth-order valence-electron chi connectivity index (χ4n) is 7.74. The molecule has 27 heavy (non-hydrogen) atoms. The summed E-state index contributed by atoms with van der Waals surface area (Å²) >= 11 is 0. The predicted octanol–water partition coefficient (Wildman–Crippen LogP) is 5.35. The average Bonchev–Trinajstić information content (AvgIpc) is 2.98. The number of rotatable bonds is 2. The maximum atomic E-state index is 11.4. The number of hydrogen-bond donors (Lipinski definition) is 1. The second-order valence-corrected chi connectivity index (χ2v) is 10.2. The summed E-state index contributed by atoms with van der Waals surface area (Å²) in [6.45, 7) is 8.42. The van der Waals surface area contributed by atoms with Gasteiger partial charge < -0.3 is 9.94 Å². The zero-order valence-electron chi connectivity index (χ0n) is 17.3. The molecule has 4 nitrogen and oxygen atoms in total. The third-order valence-electron chi connectivity index (χ3n) is 9.07. The molecule has 4 heteroatoms. The fraction of sp³-hybridized carbons (Fsp3) is 0.826. The number of hydrogen-bond acceptors (Lipinski definition) is 4. The number of esters is 1. The second kappa shape index (κ2) is 6.63. The zero-order valence-corrected chi connectivity index (χ0v) is 17.3. The lowest BCUT2D eigenvalue weighted by atomic mass is 9.44. The maximum Gasteiger partial charge on any atom is 0.302 e. The van der Waals surface area contributed by atoms with Crippen LogP contribution in [0.4, 0.5) is 0 Å². The SMILES string of the molecule is CC(=O)O[C@H]1CC[C@@]2(C)[C@@H](CC[C@H]3[C@H]2CC[C@@]2(C)C(/C(C)=N\O)=CC[C@H]32)C1. The van der Waals surface area contributed by atoms with E-state index in [0.29, 0.717) is 17.3 Å². The molecule has 0 spiro atoms. The lowest BCUT2D eigenvalue weighted by molar-refractivity contribution is -0.158. The van der Waals surface area contributed by atoms with Gasteiger partial charge in [-0.2, -0.15) is 0 Å². The van der Waals surface area contributed by atoms with Crippen LogP contribution >= 0.6 is 0 Å². The zero-order chi connectivity index (χ0) is 19.4. The van der Waals surface area contributed by atoms with E-state index in [-0.39, 0.29) is 17.5 Å². The highest BCUT2D eigenvalue weighted by Crippen LogP contribution is 2.66. The van der Waals surface area contributed by atoms with Crippen molar-refractivity contribution in [3.63, 3.8) is 0 Å². The standard InChI is InChI=1S/C23H35NO3/c1-14(24-26)19-7-8-20-18-6-5-16-13-17(27-15(2)25)9-11-22(16,3)21(18)10-12-23(19,20)4/h7,16-18,20-21,26H,5-6,8-13H2,1-4H3/b24-14-/t16-,17-,18+,20+,21+,22-,23-/m0/s1. The summed E-state index contributed by atoms with van der Waals surface area (Å²) in [6, 6.07) is 0. The molecule has 0 aromatic rings. The molecule has 0 unspecified atom stereocenters. The van der Waals surface area contributed by atoms with Crippen molar-refractivity contribution >= 4 is 11.7 Å². The highest BCUT2D eigenvalue weighted by atomic mass is 16.5. The quantitative estimate of drug-likeness (QED) is 0.307. The second-order valence-electron chi connectivity index (χ2n) is 10.2. The Hall–Kier alpha value is -1.32. The molecule has 4 rings (SSSR count). The molecular weight excluding hydrogens is 338 g/mol. The summed E-state index contributed by atoms with van der Waals surface area (Å²) < 4.78 is 5.58. The van der Waals surface area contributed by atoms with Crippen LogP contribution in [0.2, 0.25) is 0 Å². The first-order chi connectivity index (χ1) is 12.8. The number of nitrogens with zero attached hydrogens (tertiary/aromatic N) is 1. The first kappa shape index (κ1) is 19.0. The number of fused-ring (bicyclic) bond motifs is 5. The Kier molecular flexibility index (Phi) is 4.67. The first-order valence-corrected chi connectivity index (χ1v) is 10.9. The number of oxime groups is 1. The van der Waals surface area contributed by atoms with Gasteiger partial charge in [0.1, 0.15) is 6.10 Å². The van der Waals surface area contributed by atoms with Crippen LogP contribution in [-0.4, -0.2) is 23.0 Å². The van der Waals surface area contributed by atoms with Gasteiger partial charge in [0.2, 0.25) is 0 Å². The maximum absolute atomic E-state index is 11.4. The molecule has 0 aromatic carbocycles. The van der Waals surface area contributed by atoms with Gasteiger partial charge in [0.15, 0.2) is 0 Å². The van der Waals surface area contributed by atoms with E-state index in [1.54, 1.807) is 0 Å². The highest BCUT2D eigenvalue weighted by Gasteiger charge is 2.59. The van der Waals surface area contributed by atoms with Crippen LogP contribution in [0, 0.1) is 34.5 Å². The number of carbonyl (C=O) groups excluding carboxylic acids is 1. The lowest BCUT2D eigenvalue weighted by Crippen LogP contribution is -2.54. The van der Waals surface area contributed by atoms with Crippen molar-refractivity contribution in [2.75, 3.05) is 0 Å². The summed E-state index contributed by atoms with van der Waals surface area (Å²) in [4.78, 5) is 11.4. The van der Waals surface area contributed by atoms with Crippen molar-refractivity contribution in [1.82, 2.24) is 0 Å². The van der Waals surface area contributed by atoms with Crippen LogP contribution in [0.25, 0.3) is 0 Å². The Morgan fingerprint density at radius 3 is 2.63 bits per heavy atom. The van der Waals surface area contributed by atoms with E-state index in [9.17, 15) is 10.0 Å². The van der Waals surface area contributed by atoms with Gasteiger partial charge in [0.05, 0.1) is 5.71 Å². The first-order valence-electron chi connectivity index (χ1n) is 10.9. The molecule has 4 aliphatic rings. The molecule has 7 atom stereocenters. The Balaban J connectivity index is 1.54. The normalized spacial score (nSPS) is 46.7. The minimum absolute atomic E-state index is 0.129. The number of carbonyl (C=O) groups is 1. The van der Waals surface area contributed by atoms with Crippen LogP contribution in [0.1, 0.15) is 79.1 Å². The van der Waals surface area contributed by atoms with Crippen LogP contribution in [0.3, 0.4) is 0 Å². The van der Waals surface area contributed by atoms with E-state index in [2.05, 4.69) is 25.1 Å². The molecule has 0 heterocycles. The Morgan fingerprint density at radius 1 is 1.15 bits per heavy atom. The summed E-state index contributed by atoms with van der Waals surface area (Å²) in [5.74, 6) is 2.81. The van der Waals surface area contributed by atoms with Crippen molar-refractivity contribution in [2.45, 2.75) is 85.2 Å². The topological polar surface area (TPSA) is 58.9 Å². The molecular formula is C23H35NO3. The third-order valence-corrected chi connectivity index (χ3v) is 9.07. The summed E-state index contributed by atoms with van der Waals surface area (Å²) in [6.07, 6.45) is 11.9. The number of ether oxygens (including phenoxy) is 1.